The molecule has 0 radical (unpaired) electrons. The van der Waals surface area contributed by atoms with Crippen molar-refractivity contribution in [1.29, 1.82) is 0 Å². The maximum Gasteiger partial charge on any atom is 0.217 e. The van der Waals surface area contributed by atoms with E-state index in [4.69, 9.17) is 15.2 Å². The summed E-state index contributed by atoms with van der Waals surface area (Å²) >= 11 is 0. The van der Waals surface area contributed by atoms with Crippen LogP contribution in [0.5, 0.6) is 5.88 Å². The van der Waals surface area contributed by atoms with Crippen molar-refractivity contribution in [2.24, 2.45) is 0 Å². The predicted molar refractivity (Wildman–Crippen MR) is 98.8 cm³/mol. The lowest BCUT2D eigenvalue weighted by molar-refractivity contribution is 0.0320. The van der Waals surface area contributed by atoms with Crippen molar-refractivity contribution in [1.82, 2.24) is 9.88 Å². The Morgan fingerprint density at radius 3 is 2.71 bits per heavy atom. The molecule has 1 aliphatic rings. The third-order valence-corrected chi connectivity index (χ3v) is 4.17. The fourth-order valence-corrected chi connectivity index (χ4v) is 2.81. The highest BCUT2D eigenvalue weighted by atomic mass is 16.5. The average Bonchev–Trinajstić information content (AvgIpc) is 2.59. The Labute approximate surface area is 145 Å². The first-order valence-corrected chi connectivity index (χ1v) is 9.18. The van der Waals surface area contributed by atoms with Crippen molar-refractivity contribution in [3.63, 3.8) is 0 Å². The summed E-state index contributed by atoms with van der Waals surface area (Å²) in [5, 5.41) is 0. The van der Waals surface area contributed by atoms with Crippen LogP contribution in [-0.2, 0) is 4.74 Å². The van der Waals surface area contributed by atoms with E-state index in [1.807, 2.05) is 12.1 Å². The van der Waals surface area contributed by atoms with Crippen LogP contribution < -0.4 is 15.4 Å². The molecule has 2 N–H and O–H groups in total. The minimum atomic E-state index is 0.621. The molecule has 0 atom stereocenters. The Morgan fingerprint density at radius 2 is 2.00 bits per heavy atom. The van der Waals surface area contributed by atoms with E-state index < -0.39 is 0 Å². The topological polar surface area (TPSA) is 63.8 Å². The molecular formula is C18H32N4O2. The van der Waals surface area contributed by atoms with Crippen LogP contribution in [0.1, 0.15) is 33.1 Å². The smallest absolute Gasteiger partial charge is 0.217 e. The van der Waals surface area contributed by atoms with E-state index in [0.29, 0.717) is 18.2 Å². The summed E-state index contributed by atoms with van der Waals surface area (Å²) in [6.07, 6.45) is 3.42. The maximum absolute atomic E-state index is 6.06. The molecule has 0 aliphatic carbocycles. The fourth-order valence-electron chi connectivity index (χ4n) is 2.81. The van der Waals surface area contributed by atoms with Crippen LogP contribution in [0.3, 0.4) is 0 Å². The Morgan fingerprint density at radius 1 is 1.21 bits per heavy atom. The number of anilines is 2. The van der Waals surface area contributed by atoms with Crippen molar-refractivity contribution in [2.45, 2.75) is 33.1 Å². The van der Waals surface area contributed by atoms with Crippen molar-refractivity contribution in [2.75, 3.05) is 63.2 Å². The van der Waals surface area contributed by atoms with Gasteiger partial charge in [-0.2, -0.15) is 4.98 Å². The second-order valence-corrected chi connectivity index (χ2v) is 6.24. The van der Waals surface area contributed by atoms with Gasteiger partial charge >= 0.3 is 0 Å². The molecule has 24 heavy (non-hydrogen) atoms. The Bertz CT molecular complexity index is 478. The second-order valence-electron chi connectivity index (χ2n) is 6.24. The number of aromatic nitrogens is 1. The highest BCUT2D eigenvalue weighted by Gasteiger charge is 2.12. The van der Waals surface area contributed by atoms with Crippen LogP contribution >= 0.6 is 0 Å². The molecule has 0 aromatic carbocycles. The molecule has 0 unspecified atom stereocenters. The number of morpholine rings is 1. The molecule has 6 nitrogen and oxygen atoms in total. The SMILES string of the molecule is CCCCN(CCC)c1cc(N)cc(OCCN2CCOCC2)n1. The molecule has 2 rings (SSSR count). The van der Waals surface area contributed by atoms with Gasteiger partial charge in [0.2, 0.25) is 5.88 Å². The lowest BCUT2D eigenvalue weighted by Crippen LogP contribution is -2.38. The summed E-state index contributed by atoms with van der Waals surface area (Å²) in [4.78, 5) is 9.32. The zero-order valence-electron chi connectivity index (χ0n) is 15.2. The largest absolute Gasteiger partial charge is 0.476 e. The molecule has 1 saturated heterocycles. The number of rotatable bonds is 10. The number of pyridine rings is 1. The summed E-state index contributed by atoms with van der Waals surface area (Å²) in [7, 11) is 0. The first-order chi connectivity index (χ1) is 11.7. The van der Waals surface area contributed by atoms with Gasteiger partial charge in [-0.25, -0.2) is 0 Å². The number of nitrogens with two attached hydrogens (primary N) is 1. The van der Waals surface area contributed by atoms with E-state index in [1.165, 1.54) is 6.42 Å². The minimum absolute atomic E-state index is 0.621. The van der Waals surface area contributed by atoms with Gasteiger partial charge < -0.3 is 20.1 Å². The lowest BCUT2D eigenvalue weighted by atomic mass is 10.3. The number of hydrogen-bond donors (Lipinski definition) is 1. The Hall–Kier alpha value is -1.53. The van der Waals surface area contributed by atoms with Crippen molar-refractivity contribution in [3.05, 3.63) is 12.1 Å². The fraction of sp³-hybridized carbons (Fsp3) is 0.722. The molecule has 136 valence electrons. The second kappa shape index (κ2) is 10.4. The van der Waals surface area contributed by atoms with Crippen LogP contribution in [0.15, 0.2) is 12.1 Å². The monoisotopic (exact) mass is 336 g/mol. The van der Waals surface area contributed by atoms with Gasteiger partial charge in [0, 0.05) is 50.5 Å². The highest BCUT2D eigenvalue weighted by molar-refractivity contribution is 5.53. The van der Waals surface area contributed by atoms with Gasteiger partial charge in [0.1, 0.15) is 12.4 Å². The zero-order chi connectivity index (χ0) is 17.2. The average molecular weight is 336 g/mol. The van der Waals surface area contributed by atoms with E-state index in [9.17, 15) is 0 Å². The van der Waals surface area contributed by atoms with Crippen LogP contribution in [0.2, 0.25) is 0 Å². The van der Waals surface area contributed by atoms with Crippen molar-refractivity contribution in [3.8, 4) is 5.88 Å². The van der Waals surface area contributed by atoms with Gasteiger partial charge in [0.05, 0.1) is 13.2 Å². The normalized spacial score (nSPS) is 15.4. The number of nitrogens with zero attached hydrogens (tertiary/aromatic N) is 3. The first kappa shape index (κ1) is 18.8. The van der Waals surface area contributed by atoms with Crippen molar-refractivity contribution >= 4 is 11.5 Å². The summed E-state index contributed by atoms with van der Waals surface area (Å²) in [6.45, 7) is 11.5. The zero-order valence-corrected chi connectivity index (χ0v) is 15.2. The summed E-state index contributed by atoms with van der Waals surface area (Å²) in [6, 6.07) is 3.76. The van der Waals surface area contributed by atoms with Crippen LogP contribution in [0.25, 0.3) is 0 Å². The molecule has 2 heterocycles. The quantitative estimate of drug-likeness (QED) is 0.708. The standard InChI is InChI=1S/C18H32N4O2/c1-3-5-7-22(6-4-2)17-14-16(19)15-18(20-17)24-13-10-21-8-11-23-12-9-21/h14-15H,3-13H2,1-2H3,(H2,19,20). The van der Waals surface area contributed by atoms with Crippen LogP contribution in [0, 0.1) is 0 Å². The van der Waals surface area contributed by atoms with E-state index in [1.54, 1.807) is 0 Å². The van der Waals surface area contributed by atoms with Gasteiger partial charge in [-0.15, -0.1) is 0 Å². The molecule has 1 fully saturated rings. The molecule has 0 saturated carbocycles. The van der Waals surface area contributed by atoms with Crippen molar-refractivity contribution < 1.29 is 9.47 Å². The van der Waals surface area contributed by atoms with E-state index in [0.717, 1.165) is 64.6 Å². The molecular weight excluding hydrogens is 304 g/mol. The van der Waals surface area contributed by atoms with Gasteiger partial charge in [0.25, 0.3) is 0 Å². The van der Waals surface area contributed by atoms with Crippen LogP contribution in [0.4, 0.5) is 11.5 Å². The van der Waals surface area contributed by atoms with E-state index in [2.05, 4.69) is 28.6 Å². The van der Waals surface area contributed by atoms with Gasteiger partial charge in [-0.3, -0.25) is 4.90 Å². The minimum Gasteiger partial charge on any atom is -0.476 e. The molecule has 1 aromatic heterocycles. The molecule has 0 bridgehead atoms. The molecule has 6 heteroatoms. The van der Waals surface area contributed by atoms with Crippen LogP contribution in [-0.4, -0.2) is 62.4 Å². The van der Waals surface area contributed by atoms with E-state index in [-0.39, 0.29) is 0 Å². The molecule has 1 aliphatic heterocycles. The third-order valence-electron chi connectivity index (χ3n) is 4.17. The molecule has 1 aromatic rings. The predicted octanol–water partition coefficient (Wildman–Crippen LogP) is 2.39. The highest BCUT2D eigenvalue weighted by Crippen LogP contribution is 2.22. The summed E-state index contributed by atoms with van der Waals surface area (Å²) < 4.78 is 11.2. The lowest BCUT2D eigenvalue weighted by Gasteiger charge is -2.26. The summed E-state index contributed by atoms with van der Waals surface area (Å²) in [5.74, 6) is 1.54. The number of hydrogen-bond acceptors (Lipinski definition) is 6. The Kier molecular flexibility index (Phi) is 8.12. The van der Waals surface area contributed by atoms with Gasteiger partial charge in [-0.05, 0) is 12.8 Å². The van der Waals surface area contributed by atoms with Gasteiger partial charge in [-0.1, -0.05) is 20.3 Å². The number of ether oxygens (including phenoxy) is 2. The van der Waals surface area contributed by atoms with E-state index >= 15 is 0 Å². The third kappa shape index (κ3) is 6.17. The summed E-state index contributed by atoms with van der Waals surface area (Å²) in [5.41, 5.74) is 6.77. The number of nitrogen functional groups attached to an aromatic ring is 1. The Balaban J connectivity index is 1.93. The number of unbranched alkanes of at least 4 members (excludes halogenated alkanes) is 1. The molecule has 0 amide bonds. The molecule has 0 spiro atoms. The maximum atomic E-state index is 6.06. The first-order valence-electron chi connectivity index (χ1n) is 9.18. The van der Waals surface area contributed by atoms with Gasteiger partial charge in [0.15, 0.2) is 0 Å².